The first kappa shape index (κ1) is 26.4. The number of aliphatic hydroxyl groups excluding tert-OH is 2. The van der Waals surface area contributed by atoms with Crippen LogP contribution in [-0.2, 0) is 14.9 Å². The van der Waals surface area contributed by atoms with Crippen molar-refractivity contribution in [3.8, 4) is 0 Å². The van der Waals surface area contributed by atoms with Crippen LogP contribution >= 0.6 is 0 Å². The quantitative estimate of drug-likeness (QED) is 0.463. The molecule has 7 nitrogen and oxygen atoms in total. The van der Waals surface area contributed by atoms with Crippen LogP contribution in [0.5, 0.6) is 0 Å². The molecule has 34 heavy (non-hydrogen) atoms. The molecule has 10 unspecified atom stereocenters. The molecule has 0 aromatic carbocycles. The number of hydrogen-bond acceptors (Lipinski definition) is 6. The van der Waals surface area contributed by atoms with Crippen molar-refractivity contribution in [1.29, 1.82) is 0 Å². The molecule has 4 aliphatic rings. The Hall–Kier alpha value is -0.700. The third-order valence-corrected chi connectivity index (χ3v) is 11.6. The van der Waals surface area contributed by atoms with Crippen LogP contribution in [0.1, 0.15) is 85.0 Å². The monoisotopic (exact) mass is 498 g/mol. The third kappa shape index (κ3) is 4.94. The summed E-state index contributed by atoms with van der Waals surface area (Å²) in [6.45, 7) is 6.96. The first-order valence-corrected chi connectivity index (χ1v) is 15.0. The van der Waals surface area contributed by atoms with Crippen molar-refractivity contribution in [2.45, 2.75) is 97.2 Å². The second kappa shape index (κ2) is 9.64. The Kier molecular flexibility index (Phi) is 7.47. The Morgan fingerprint density at radius 3 is 2.44 bits per heavy atom. The van der Waals surface area contributed by atoms with E-state index in [4.69, 9.17) is 0 Å². The average molecular weight is 499 g/mol. The maximum atomic E-state index is 12.2. The standard InChI is InChI=1S/C26H45NO6S/c1-16(4-7-23(30)27-12-13-34(31,32)33)19-5-6-20-24-21(9-11-26(19,20)3)25(2)10-8-18(28)14-17(25)15-22(24)29/h16-22,24,28-29H,4-15H2,1-3H3,(H,27,30)(H,31,32,33)/p-1. The van der Waals surface area contributed by atoms with E-state index in [0.717, 1.165) is 51.4 Å². The largest absolute Gasteiger partial charge is 0.748 e. The number of rotatable bonds is 7. The Labute approximate surface area is 205 Å². The minimum atomic E-state index is -4.31. The maximum Gasteiger partial charge on any atom is 0.220 e. The highest BCUT2D eigenvalue weighted by Gasteiger charge is 2.62. The molecule has 3 N–H and O–H groups in total. The van der Waals surface area contributed by atoms with Crippen LogP contribution in [0.4, 0.5) is 0 Å². The lowest BCUT2D eigenvalue weighted by Crippen LogP contribution is -2.58. The average Bonchev–Trinajstić information content (AvgIpc) is 3.09. The van der Waals surface area contributed by atoms with E-state index in [2.05, 4.69) is 26.1 Å². The van der Waals surface area contributed by atoms with E-state index in [9.17, 15) is 28.0 Å². The van der Waals surface area contributed by atoms with Gasteiger partial charge in [-0.15, -0.1) is 0 Å². The first-order valence-electron chi connectivity index (χ1n) is 13.4. The molecule has 0 radical (unpaired) electrons. The van der Waals surface area contributed by atoms with Gasteiger partial charge in [-0.3, -0.25) is 4.79 Å². The maximum absolute atomic E-state index is 12.2. The van der Waals surface area contributed by atoms with Crippen LogP contribution in [0.2, 0.25) is 0 Å². The van der Waals surface area contributed by atoms with Gasteiger partial charge in [-0.25, -0.2) is 8.42 Å². The first-order chi connectivity index (χ1) is 15.8. The topological polar surface area (TPSA) is 127 Å². The molecule has 0 aromatic rings. The molecular formula is C26H44NO6S-. The van der Waals surface area contributed by atoms with Gasteiger partial charge in [0.15, 0.2) is 0 Å². The molecule has 0 bridgehead atoms. The molecule has 4 rings (SSSR count). The van der Waals surface area contributed by atoms with Gasteiger partial charge in [0.2, 0.25) is 5.91 Å². The van der Waals surface area contributed by atoms with E-state index in [1.807, 2.05) is 0 Å². The Morgan fingerprint density at radius 1 is 1.06 bits per heavy atom. The third-order valence-electron chi connectivity index (χ3n) is 10.9. The lowest BCUT2D eigenvalue weighted by Gasteiger charge is -2.62. The lowest BCUT2D eigenvalue weighted by molar-refractivity contribution is -0.174. The summed E-state index contributed by atoms with van der Waals surface area (Å²) in [5.41, 5.74) is 0.399. The van der Waals surface area contributed by atoms with Gasteiger partial charge in [-0.2, -0.15) is 0 Å². The van der Waals surface area contributed by atoms with Gasteiger partial charge in [-0.1, -0.05) is 20.8 Å². The lowest BCUT2D eigenvalue weighted by atomic mass is 9.43. The molecular weight excluding hydrogens is 454 g/mol. The zero-order valence-electron chi connectivity index (χ0n) is 21.0. The van der Waals surface area contributed by atoms with Crippen LogP contribution in [0.15, 0.2) is 0 Å². The number of fused-ring (bicyclic) bond motifs is 5. The summed E-state index contributed by atoms with van der Waals surface area (Å²) in [5.74, 6) is 1.92. The molecule has 0 saturated heterocycles. The smallest absolute Gasteiger partial charge is 0.220 e. The van der Waals surface area contributed by atoms with Crippen LogP contribution in [0.3, 0.4) is 0 Å². The molecule has 1 amide bonds. The fraction of sp³-hybridized carbons (Fsp3) is 0.962. The van der Waals surface area contributed by atoms with E-state index in [1.54, 1.807) is 0 Å². The minimum absolute atomic E-state index is 0.125. The van der Waals surface area contributed by atoms with Crippen LogP contribution in [0.25, 0.3) is 0 Å². The molecule has 4 saturated carbocycles. The Morgan fingerprint density at radius 2 is 1.74 bits per heavy atom. The van der Waals surface area contributed by atoms with Gasteiger partial charge < -0.3 is 20.1 Å². The van der Waals surface area contributed by atoms with Crippen molar-refractivity contribution < 1.29 is 28.0 Å². The molecule has 0 aromatic heterocycles. The predicted molar refractivity (Wildman–Crippen MR) is 129 cm³/mol. The zero-order chi connectivity index (χ0) is 24.9. The Balaban J connectivity index is 1.39. The van der Waals surface area contributed by atoms with Gasteiger partial charge in [0.25, 0.3) is 0 Å². The molecule has 4 fully saturated rings. The molecule has 8 heteroatoms. The normalized spacial score (nSPS) is 45.1. The number of carbonyl (C=O) groups excluding carboxylic acids is 1. The summed E-state index contributed by atoms with van der Waals surface area (Å²) in [6, 6.07) is 0. The number of hydrogen-bond donors (Lipinski definition) is 3. The van der Waals surface area contributed by atoms with Crippen molar-refractivity contribution in [2.75, 3.05) is 12.3 Å². The number of carbonyl (C=O) groups is 1. The fourth-order valence-corrected chi connectivity index (χ4v) is 9.49. The predicted octanol–water partition coefficient (Wildman–Crippen LogP) is 3.05. The van der Waals surface area contributed by atoms with E-state index in [0.29, 0.717) is 41.9 Å². The van der Waals surface area contributed by atoms with Crippen molar-refractivity contribution in [2.24, 2.45) is 46.3 Å². The van der Waals surface area contributed by atoms with Gasteiger partial charge in [0.1, 0.15) is 0 Å². The minimum Gasteiger partial charge on any atom is -0.748 e. The SMILES string of the molecule is CC(CCC(=O)NCCS(=O)(=O)[O-])C1CCC2C3C(O)CC4CC(O)CCC4(C)C3CCC12C. The summed E-state index contributed by atoms with van der Waals surface area (Å²) in [6.07, 6.45) is 8.78. The zero-order valence-corrected chi connectivity index (χ0v) is 21.9. The Bertz CT molecular complexity index is 863. The second-order valence-electron chi connectivity index (χ2n) is 12.6. The van der Waals surface area contributed by atoms with Crippen molar-refractivity contribution in [3.05, 3.63) is 0 Å². The highest BCUT2D eigenvalue weighted by atomic mass is 32.2. The molecule has 0 heterocycles. The highest BCUT2D eigenvalue weighted by molar-refractivity contribution is 7.85. The summed E-state index contributed by atoms with van der Waals surface area (Å²) in [7, 11) is -4.31. The summed E-state index contributed by atoms with van der Waals surface area (Å²) in [5, 5.41) is 24.2. The van der Waals surface area contributed by atoms with Gasteiger partial charge in [0, 0.05) is 13.0 Å². The fourth-order valence-electron chi connectivity index (χ4n) is 9.14. The molecule has 10 atom stereocenters. The molecule has 4 aliphatic carbocycles. The van der Waals surface area contributed by atoms with Crippen molar-refractivity contribution >= 4 is 16.0 Å². The second-order valence-corrected chi connectivity index (χ2v) is 14.1. The summed E-state index contributed by atoms with van der Waals surface area (Å²) in [4.78, 5) is 12.2. The molecule has 0 spiro atoms. The number of amides is 1. The molecule has 196 valence electrons. The van der Waals surface area contributed by atoms with Crippen molar-refractivity contribution in [3.63, 3.8) is 0 Å². The van der Waals surface area contributed by atoms with E-state index in [1.165, 1.54) is 6.42 Å². The van der Waals surface area contributed by atoms with Crippen molar-refractivity contribution in [1.82, 2.24) is 5.32 Å². The number of nitrogens with one attached hydrogen (secondary N) is 1. The summed E-state index contributed by atoms with van der Waals surface area (Å²) < 4.78 is 32.2. The summed E-state index contributed by atoms with van der Waals surface area (Å²) >= 11 is 0. The van der Waals surface area contributed by atoms with E-state index >= 15 is 0 Å². The van der Waals surface area contributed by atoms with E-state index < -0.39 is 15.9 Å². The van der Waals surface area contributed by atoms with Crippen LogP contribution in [0, 0.1) is 46.3 Å². The van der Waals surface area contributed by atoms with Gasteiger partial charge in [-0.05, 0) is 104 Å². The van der Waals surface area contributed by atoms with E-state index in [-0.39, 0.29) is 35.5 Å². The number of aliphatic hydroxyl groups is 2. The highest BCUT2D eigenvalue weighted by Crippen LogP contribution is 2.68. The van der Waals surface area contributed by atoms with Gasteiger partial charge in [0.05, 0.1) is 28.1 Å². The van der Waals surface area contributed by atoms with Gasteiger partial charge >= 0.3 is 0 Å². The molecule has 0 aliphatic heterocycles. The van der Waals surface area contributed by atoms with Crippen LogP contribution in [-0.4, -0.2) is 53.6 Å². The van der Waals surface area contributed by atoms with Crippen LogP contribution < -0.4 is 5.32 Å².